The van der Waals surface area contributed by atoms with E-state index in [2.05, 4.69) is 24.4 Å². The smallest absolute Gasteiger partial charge is 0.260 e. The second-order valence-electron chi connectivity index (χ2n) is 8.62. The summed E-state index contributed by atoms with van der Waals surface area (Å²) >= 11 is 0. The topological polar surface area (TPSA) is 67.9 Å². The Kier molecular flexibility index (Phi) is 6.98. The van der Waals surface area contributed by atoms with Gasteiger partial charge in [-0.3, -0.25) is 9.59 Å². The Morgan fingerprint density at radius 3 is 2.50 bits per heavy atom. The Balaban J connectivity index is 1.43. The monoisotopic (exact) mass is 436 g/mol. The van der Waals surface area contributed by atoms with Crippen LogP contribution in [-0.4, -0.2) is 43.0 Å². The molecule has 0 aromatic heterocycles. The average molecular weight is 437 g/mol. The first kappa shape index (κ1) is 22.2. The summed E-state index contributed by atoms with van der Waals surface area (Å²) < 4.78 is 11.5. The molecule has 0 radical (unpaired) electrons. The highest BCUT2D eigenvalue weighted by molar-refractivity contribution is 5.95. The fraction of sp³-hybridized carbons (Fsp3) is 0.462. The van der Waals surface area contributed by atoms with Crippen molar-refractivity contribution in [2.75, 3.05) is 26.3 Å². The number of nitrogens with zero attached hydrogens (tertiary/aromatic N) is 1. The standard InChI is InChI=1S/C26H32N2O4/c1-3-31-24-16-19(11-12-23(24)32-17-25(29)28-13-7-4-8-14-28)26(30)27-22-15-18(2)20-9-5-6-10-21(20)22/h5-6,9-12,16,18,22H,3-4,7-8,13-15,17H2,1-2H3,(H,27,30). The maximum atomic E-state index is 13.0. The number of carbonyl (C=O) groups is 2. The van der Waals surface area contributed by atoms with Gasteiger partial charge in [0.15, 0.2) is 18.1 Å². The number of benzene rings is 2. The number of carbonyl (C=O) groups excluding carboxylic acids is 2. The summed E-state index contributed by atoms with van der Waals surface area (Å²) in [7, 11) is 0. The lowest BCUT2D eigenvalue weighted by atomic mass is 10.0. The molecule has 2 aromatic carbocycles. The Bertz CT molecular complexity index is 968. The van der Waals surface area contributed by atoms with Gasteiger partial charge in [-0.05, 0) is 67.9 Å². The van der Waals surface area contributed by atoms with Crippen LogP contribution in [0.3, 0.4) is 0 Å². The van der Waals surface area contributed by atoms with Crippen molar-refractivity contribution in [1.82, 2.24) is 10.2 Å². The lowest BCUT2D eigenvalue weighted by Crippen LogP contribution is -2.38. The highest BCUT2D eigenvalue weighted by atomic mass is 16.5. The molecule has 2 atom stereocenters. The van der Waals surface area contributed by atoms with Gasteiger partial charge >= 0.3 is 0 Å². The molecule has 2 unspecified atom stereocenters. The molecule has 0 saturated carbocycles. The van der Waals surface area contributed by atoms with Crippen molar-refractivity contribution in [3.05, 3.63) is 59.2 Å². The van der Waals surface area contributed by atoms with Crippen LogP contribution in [0.4, 0.5) is 0 Å². The lowest BCUT2D eigenvalue weighted by molar-refractivity contribution is -0.134. The van der Waals surface area contributed by atoms with Gasteiger partial charge in [0.2, 0.25) is 0 Å². The Morgan fingerprint density at radius 2 is 1.75 bits per heavy atom. The van der Waals surface area contributed by atoms with Crippen LogP contribution in [0.25, 0.3) is 0 Å². The minimum Gasteiger partial charge on any atom is -0.490 e. The van der Waals surface area contributed by atoms with Gasteiger partial charge < -0.3 is 19.7 Å². The van der Waals surface area contributed by atoms with Crippen molar-refractivity contribution in [2.24, 2.45) is 0 Å². The van der Waals surface area contributed by atoms with Crippen molar-refractivity contribution in [2.45, 2.75) is 51.5 Å². The summed E-state index contributed by atoms with van der Waals surface area (Å²) in [5.74, 6) is 1.22. The number of fused-ring (bicyclic) bond motifs is 1. The van der Waals surface area contributed by atoms with E-state index in [-0.39, 0.29) is 24.5 Å². The van der Waals surface area contributed by atoms with Gasteiger partial charge in [0.1, 0.15) is 0 Å². The quantitative estimate of drug-likeness (QED) is 0.696. The van der Waals surface area contributed by atoms with Crippen molar-refractivity contribution in [3.63, 3.8) is 0 Å². The zero-order valence-electron chi connectivity index (χ0n) is 18.9. The molecule has 2 aromatic rings. The third-order valence-electron chi connectivity index (χ3n) is 6.36. The molecule has 6 nitrogen and oxygen atoms in total. The number of piperidine rings is 1. The van der Waals surface area contributed by atoms with Crippen LogP contribution in [0.2, 0.25) is 0 Å². The van der Waals surface area contributed by atoms with Crippen LogP contribution in [0, 0.1) is 0 Å². The van der Waals surface area contributed by atoms with Gasteiger partial charge in [0.25, 0.3) is 11.8 Å². The molecular weight excluding hydrogens is 404 g/mol. The van der Waals surface area contributed by atoms with Crippen molar-refractivity contribution >= 4 is 11.8 Å². The first-order valence-corrected chi connectivity index (χ1v) is 11.6. The van der Waals surface area contributed by atoms with Gasteiger partial charge in [-0.1, -0.05) is 31.2 Å². The minimum absolute atomic E-state index is 0.00216. The third-order valence-corrected chi connectivity index (χ3v) is 6.36. The number of nitrogens with one attached hydrogen (secondary N) is 1. The van der Waals surface area contributed by atoms with Gasteiger partial charge in [-0.15, -0.1) is 0 Å². The zero-order chi connectivity index (χ0) is 22.5. The zero-order valence-corrected chi connectivity index (χ0v) is 18.9. The largest absolute Gasteiger partial charge is 0.490 e. The fourth-order valence-electron chi connectivity index (χ4n) is 4.67. The Morgan fingerprint density at radius 1 is 1.00 bits per heavy atom. The number of amides is 2. The summed E-state index contributed by atoms with van der Waals surface area (Å²) in [6, 6.07) is 13.4. The van der Waals surface area contributed by atoms with Crippen molar-refractivity contribution in [1.29, 1.82) is 0 Å². The van der Waals surface area contributed by atoms with Crippen molar-refractivity contribution in [3.8, 4) is 11.5 Å². The Hall–Kier alpha value is -3.02. The fourth-order valence-corrected chi connectivity index (χ4v) is 4.67. The molecular formula is C26H32N2O4. The molecule has 2 aliphatic rings. The van der Waals surface area contributed by atoms with Crippen LogP contribution < -0.4 is 14.8 Å². The van der Waals surface area contributed by atoms with E-state index in [1.165, 1.54) is 17.5 Å². The van der Waals surface area contributed by atoms with E-state index in [4.69, 9.17) is 9.47 Å². The van der Waals surface area contributed by atoms with E-state index in [0.717, 1.165) is 32.4 Å². The van der Waals surface area contributed by atoms with Crippen molar-refractivity contribution < 1.29 is 19.1 Å². The molecule has 6 heteroatoms. The highest BCUT2D eigenvalue weighted by Crippen LogP contribution is 2.40. The lowest BCUT2D eigenvalue weighted by Gasteiger charge is -2.26. The van der Waals surface area contributed by atoms with Crippen LogP contribution >= 0.6 is 0 Å². The van der Waals surface area contributed by atoms with Gasteiger partial charge in [0, 0.05) is 18.7 Å². The van der Waals surface area contributed by atoms with E-state index in [1.54, 1.807) is 18.2 Å². The predicted octanol–water partition coefficient (Wildman–Crippen LogP) is 4.45. The summed E-state index contributed by atoms with van der Waals surface area (Å²) in [5.41, 5.74) is 3.00. The normalized spacial score (nSPS) is 19.9. The molecule has 0 bridgehead atoms. The molecule has 2 amide bonds. The molecule has 1 aliphatic carbocycles. The van der Waals surface area contributed by atoms with Gasteiger partial charge in [0.05, 0.1) is 12.6 Å². The highest BCUT2D eigenvalue weighted by Gasteiger charge is 2.29. The predicted molar refractivity (Wildman–Crippen MR) is 123 cm³/mol. The number of hydrogen-bond donors (Lipinski definition) is 1. The molecule has 4 rings (SSSR count). The minimum atomic E-state index is -0.143. The van der Waals surface area contributed by atoms with E-state index >= 15 is 0 Å². The van der Waals surface area contributed by atoms with Crippen LogP contribution in [0.5, 0.6) is 11.5 Å². The van der Waals surface area contributed by atoms with Gasteiger partial charge in [-0.25, -0.2) is 0 Å². The molecule has 1 N–H and O–H groups in total. The third kappa shape index (κ3) is 4.90. The maximum Gasteiger partial charge on any atom is 0.260 e. The molecule has 0 spiro atoms. The number of likely N-dealkylation sites (tertiary alicyclic amines) is 1. The van der Waals surface area contributed by atoms with Gasteiger partial charge in [-0.2, -0.15) is 0 Å². The average Bonchev–Trinajstić information content (AvgIpc) is 3.14. The van der Waals surface area contributed by atoms with E-state index in [0.29, 0.717) is 29.6 Å². The molecule has 1 saturated heterocycles. The first-order chi connectivity index (χ1) is 15.6. The SMILES string of the molecule is CCOc1cc(C(=O)NC2CC(C)c3ccccc32)ccc1OCC(=O)N1CCCCC1. The summed E-state index contributed by atoms with van der Waals surface area (Å²) in [6.07, 6.45) is 4.16. The number of rotatable bonds is 7. The van der Waals surface area contributed by atoms with Crippen LogP contribution in [-0.2, 0) is 4.79 Å². The molecule has 32 heavy (non-hydrogen) atoms. The van der Waals surface area contributed by atoms with E-state index in [1.807, 2.05) is 24.0 Å². The molecule has 1 aliphatic heterocycles. The molecule has 1 fully saturated rings. The maximum absolute atomic E-state index is 13.0. The second kappa shape index (κ2) is 10.1. The Labute approximate surface area is 189 Å². The molecule has 1 heterocycles. The summed E-state index contributed by atoms with van der Waals surface area (Å²) in [5, 5.41) is 3.17. The summed E-state index contributed by atoms with van der Waals surface area (Å²) in [4.78, 5) is 27.3. The number of hydrogen-bond acceptors (Lipinski definition) is 4. The van der Waals surface area contributed by atoms with E-state index in [9.17, 15) is 9.59 Å². The number of ether oxygens (including phenoxy) is 2. The second-order valence-corrected chi connectivity index (χ2v) is 8.62. The first-order valence-electron chi connectivity index (χ1n) is 11.6. The summed E-state index contributed by atoms with van der Waals surface area (Å²) in [6.45, 7) is 6.07. The molecule has 170 valence electrons. The van der Waals surface area contributed by atoms with Crippen LogP contribution in [0.15, 0.2) is 42.5 Å². The van der Waals surface area contributed by atoms with Crippen LogP contribution in [0.1, 0.15) is 73.0 Å². The van der Waals surface area contributed by atoms with E-state index < -0.39 is 0 Å².